The Labute approximate surface area is 244 Å². The van der Waals surface area contributed by atoms with Gasteiger partial charge in [0.25, 0.3) is 5.56 Å². The molecule has 8 heteroatoms. The Bertz CT molecular complexity index is 1620. The first-order chi connectivity index (χ1) is 20.4. The lowest BCUT2D eigenvalue weighted by atomic mass is 9.92. The summed E-state index contributed by atoms with van der Waals surface area (Å²) < 4.78 is 28.2. The molecule has 42 heavy (non-hydrogen) atoms. The van der Waals surface area contributed by atoms with Crippen LogP contribution in [0.5, 0.6) is 5.75 Å². The van der Waals surface area contributed by atoms with Gasteiger partial charge in [-0.1, -0.05) is 85.3 Å². The molecule has 1 saturated carbocycles. The number of benzene rings is 3. The summed E-state index contributed by atoms with van der Waals surface area (Å²) in [7, 11) is 0. The van der Waals surface area contributed by atoms with Crippen molar-refractivity contribution in [1.29, 1.82) is 0 Å². The van der Waals surface area contributed by atoms with Gasteiger partial charge in [0, 0.05) is 23.6 Å². The van der Waals surface area contributed by atoms with Crippen molar-refractivity contribution in [3.05, 3.63) is 134 Å². The third-order valence-corrected chi connectivity index (χ3v) is 8.48. The van der Waals surface area contributed by atoms with Crippen LogP contribution in [0, 0.1) is 25.7 Å². The molecule has 1 aliphatic carbocycles. The summed E-state index contributed by atoms with van der Waals surface area (Å²) in [5, 5.41) is 0. The minimum Gasteiger partial charge on any atom is -0.487 e. The molecule has 8 nitrogen and oxygen atoms in total. The van der Waals surface area contributed by atoms with Gasteiger partial charge in [-0.3, -0.25) is 14.3 Å². The number of aromatic nitrogens is 2. The molecule has 1 unspecified atom stereocenters. The van der Waals surface area contributed by atoms with Crippen LogP contribution in [0.15, 0.2) is 101 Å². The first-order valence-corrected chi connectivity index (χ1v) is 14.4. The van der Waals surface area contributed by atoms with Crippen LogP contribution < -0.4 is 16.0 Å². The summed E-state index contributed by atoms with van der Waals surface area (Å²) in [6, 6.07) is 27.9. The fraction of sp³-hybridized carbons (Fsp3) is 0.353. The maximum absolute atomic E-state index is 13.1. The monoisotopic (exact) mass is 568 g/mol. The van der Waals surface area contributed by atoms with Crippen molar-refractivity contribution < 1.29 is 18.9 Å². The van der Waals surface area contributed by atoms with Crippen LogP contribution in [0.25, 0.3) is 0 Å². The van der Waals surface area contributed by atoms with Crippen molar-refractivity contribution in [2.45, 2.75) is 58.0 Å². The summed E-state index contributed by atoms with van der Waals surface area (Å²) in [5.74, 6) is 0.393. The first kappa shape index (κ1) is 28.2. The highest BCUT2D eigenvalue weighted by Gasteiger charge is 2.71. The molecule has 1 aliphatic heterocycles. The van der Waals surface area contributed by atoms with Crippen LogP contribution in [0.1, 0.15) is 35.4 Å². The average Bonchev–Trinajstić information content (AvgIpc) is 3.42. The second kappa shape index (κ2) is 11.7. The van der Waals surface area contributed by atoms with Crippen LogP contribution in [0.2, 0.25) is 0 Å². The van der Waals surface area contributed by atoms with Crippen molar-refractivity contribution in [3.63, 3.8) is 0 Å². The zero-order valence-corrected chi connectivity index (χ0v) is 24.1. The SMILES string of the molecule is Cc1ccc(O[C@H]2[C@@H](C)C3[C@H](n4cc(C)c(=O)[nH]c4=O)O[C@]2(COCc2ccccc2)[C@H]3OCc2ccccc2)cc1. The van der Waals surface area contributed by atoms with Gasteiger partial charge in [0.2, 0.25) is 0 Å². The number of hydrogen-bond donors (Lipinski definition) is 1. The summed E-state index contributed by atoms with van der Waals surface area (Å²) >= 11 is 0. The number of aryl methyl sites for hydroxylation is 2. The van der Waals surface area contributed by atoms with Gasteiger partial charge in [0.15, 0.2) is 5.60 Å². The molecule has 2 aliphatic rings. The molecular formula is C34H36N2O6. The number of fused-ring (bicyclic) bond motifs is 2. The zero-order chi connectivity index (χ0) is 29.3. The van der Waals surface area contributed by atoms with Crippen molar-refractivity contribution >= 4 is 0 Å². The molecule has 3 aromatic carbocycles. The maximum Gasteiger partial charge on any atom is 0.330 e. The fourth-order valence-corrected chi connectivity index (χ4v) is 6.36. The lowest BCUT2D eigenvalue weighted by molar-refractivity contribution is -0.211. The Morgan fingerprint density at radius 2 is 1.50 bits per heavy atom. The largest absolute Gasteiger partial charge is 0.487 e. The molecule has 0 spiro atoms. The molecule has 1 aromatic heterocycles. The summed E-state index contributed by atoms with van der Waals surface area (Å²) in [4.78, 5) is 27.7. The molecular weight excluding hydrogens is 532 g/mol. The second-order valence-electron chi connectivity index (χ2n) is 11.4. The van der Waals surface area contributed by atoms with Crippen LogP contribution in [0.3, 0.4) is 0 Å². The standard InChI is InChI=1S/C34H36N2O6/c1-22-14-16-27(17-15-22)41-29-24(3)28-30(40-20-26-12-8-5-9-13-26)34(29,21-39-19-25-10-6-4-7-11-25)42-32(28)36-18-23(2)31(37)35-33(36)38/h4-18,24,28-30,32H,19-21H2,1-3H3,(H,35,37,38)/t24-,28?,29-,30-,32+,34-/m0/s1. The summed E-state index contributed by atoms with van der Waals surface area (Å²) in [6.45, 7) is 6.76. The van der Waals surface area contributed by atoms with Crippen LogP contribution >= 0.6 is 0 Å². The fourth-order valence-electron chi connectivity index (χ4n) is 6.36. The highest BCUT2D eigenvalue weighted by molar-refractivity contribution is 5.29. The van der Waals surface area contributed by atoms with E-state index in [0.29, 0.717) is 18.8 Å². The van der Waals surface area contributed by atoms with Gasteiger partial charge >= 0.3 is 5.69 Å². The molecule has 1 saturated heterocycles. The Kier molecular flexibility index (Phi) is 7.86. The topological polar surface area (TPSA) is 91.8 Å². The predicted molar refractivity (Wildman–Crippen MR) is 158 cm³/mol. The number of hydrogen-bond acceptors (Lipinski definition) is 6. The number of ether oxygens (including phenoxy) is 4. The van der Waals surface area contributed by atoms with E-state index in [4.69, 9.17) is 18.9 Å². The normalized spacial score (nSPS) is 26.4. The van der Waals surface area contributed by atoms with Crippen LogP contribution in [0.4, 0.5) is 0 Å². The number of nitrogens with one attached hydrogen (secondary N) is 1. The van der Waals surface area contributed by atoms with Crippen LogP contribution in [-0.4, -0.2) is 34.0 Å². The van der Waals surface area contributed by atoms with E-state index in [9.17, 15) is 9.59 Å². The molecule has 218 valence electrons. The first-order valence-electron chi connectivity index (χ1n) is 14.4. The number of H-pyrrole nitrogens is 1. The van der Waals surface area contributed by atoms with Crippen molar-refractivity contribution in [3.8, 4) is 5.75 Å². The van der Waals surface area contributed by atoms with Gasteiger partial charge in [-0.25, -0.2) is 4.79 Å². The smallest absolute Gasteiger partial charge is 0.330 e. The molecule has 1 N–H and O–H groups in total. The van der Waals surface area contributed by atoms with Gasteiger partial charge in [0.1, 0.15) is 24.2 Å². The molecule has 4 aromatic rings. The molecule has 2 heterocycles. The molecule has 0 amide bonds. The van der Waals surface area contributed by atoms with E-state index >= 15 is 0 Å². The number of nitrogens with zero attached hydrogens (tertiary/aromatic N) is 1. The number of rotatable bonds is 10. The number of aromatic amines is 1. The molecule has 0 radical (unpaired) electrons. The van der Waals surface area contributed by atoms with E-state index in [1.807, 2.05) is 91.9 Å². The zero-order valence-electron chi connectivity index (χ0n) is 24.1. The Morgan fingerprint density at radius 3 is 2.17 bits per heavy atom. The van der Waals surface area contributed by atoms with Crippen molar-refractivity contribution in [1.82, 2.24) is 9.55 Å². The lowest BCUT2D eigenvalue weighted by Gasteiger charge is -2.41. The summed E-state index contributed by atoms with van der Waals surface area (Å²) in [5.41, 5.74) is 1.67. The highest BCUT2D eigenvalue weighted by atomic mass is 16.6. The lowest BCUT2D eigenvalue weighted by Crippen LogP contribution is -2.56. The van der Waals surface area contributed by atoms with Crippen LogP contribution in [-0.2, 0) is 27.4 Å². The van der Waals surface area contributed by atoms with Gasteiger partial charge in [0.05, 0.1) is 19.8 Å². The van der Waals surface area contributed by atoms with E-state index in [0.717, 1.165) is 22.4 Å². The second-order valence-corrected chi connectivity index (χ2v) is 11.4. The molecule has 2 fully saturated rings. The van der Waals surface area contributed by atoms with E-state index in [2.05, 4.69) is 11.9 Å². The average molecular weight is 569 g/mol. The van der Waals surface area contributed by atoms with Gasteiger partial charge in [-0.15, -0.1) is 0 Å². The Balaban J connectivity index is 1.39. The minimum absolute atomic E-state index is 0.0784. The van der Waals surface area contributed by atoms with E-state index < -0.39 is 35.3 Å². The van der Waals surface area contributed by atoms with E-state index in [1.54, 1.807) is 13.1 Å². The van der Waals surface area contributed by atoms with Gasteiger partial charge in [-0.05, 0) is 37.1 Å². The third kappa shape index (κ3) is 5.33. The van der Waals surface area contributed by atoms with Crippen molar-refractivity contribution in [2.75, 3.05) is 6.61 Å². The molecule has 6 atom stereocenters. The molecule has 2 bridgehead atoms. The quantitative estimate of drug-likeness (QED) is 0.292. The van der Waals surface area contributed by atoms with E-state index in [-0.39, 0.29) is 18.4 Å². The minimum atomic E-state index is -1.04. The highest BCUT2D eigenvalue weighted by Crippen LogP contribution is 2.58. The van der Waals surface area contributed by atoms with Crippen molar-refractivity contribution in [2.24, 2.45) is 11.8 Å². The van der Waals surface area contributed by atoms with E-state index in [1.165, 1.54) is 4.57 Å². The van der Waals surface area contributed by atoms with Gasteiger partial charge < -0.3 is 18.9 Å². The maximum atomic E-state index is 13.1. The Hall–Kier alpha value is -3.98. The Morgan fingerprint density at radius 1 is 0.857 bits per heavy atom. The predicted octanol–water partition coefficient (Wildman–Crippen LogP) is 4.94. The van der Waals surface area contributed by atoms with Gasteiger partial charge in [-0.2, -0.15) is 0 Å². The third-order valence-electron chi connectivity index (χ3n) is 8.48. The summed E-state index contributed by atoms with van der Waals surface area (Å²) in [6.07, 6.45) is 0.0182. The molecule has 6 rings (SSSR count).